The zero-order valence-corrected chi connectivity index (χ0v) is 16.4. The largest absolute Gasteiger partial charge is 0.420 e. The van der Waals surface area contributed by atoms with Crippen molar-refractivity contribution in [3.63, 3.8) is 0 Å². The van der Waals surface area contributed by atoms with E-state index in [1.54, 1.807) is 30.3 Å². The number of hydrogen-bond donors (Lipinski definition) is 1. The number of rotatable bonds is 5. The zero-order valence-electron chi connectivity index (χ0n) is 15.6. The molecular weight excluding hydrogens is 395 g/mol. The highest BCUT2D eigenvalue weighted by Gasteiger charge is 2.26. The van der Waals surface area contributed by atoms with Gasteiger partial charge < -0.3 is 9.73 Å². The molecule has 2 heterocycles. The van der Waals surface area contributed by atoms with Crippen molar-refractivity contribution < 1.29 is 13.6 Å². The van der Waals surface area contributed by atoms with Crippen LogP contribution in [0.2, 0.25) is 5.02 Å². The standard InChI is InChI=1S/C21H20ClFN4O2/c22-16-2-1-3-18(12-16)24-19(28)13-27-10-8-15(9-11-27)21-26-25-20(29-21)14-4-6-17(23)7-5-14/h1-7,12,15H,8-11,13H2,(H,24,28). The lowest BCUT2D eigenvalue weighted by molar-refractivity contribution is -0.117. The summed E-state index contributed by atoms with van der Waals surface area (Å²) in [6.45, 7) is 1.85. The Balaban J connectivity index is 1.29. The number of anilines is 1. The van der Waals surface area contributed by atoms with Crippen LogP contribution in [0.3, 0.4) is 0 Å². The normalized spacial score (nSPS) is 15.4. The molecule has 1 aliphatic rings. The first kappa shape index (κ1) is 19.5. The van der Waals surface area contributed by atoms with Crippen LogP contribution in [0.4, 0.5) is 10.1 Å². The van der Waals surface area contributed by atoms with E-state index in [2.05, 4.69) is 20.4 Å². The van der Waals surface area contributed by atoms with E-state index in [1.165, 1.54) is 12.1 Å². The molecule has 1 saturated heterocycles. The van der Waals surface area contributed by atoms with Crippen LogP contribution in [0.1, 0.15) is 24.7 Å². The van der Waals surface area contributed by atoms with Crippen molar-refractivity contribution in [3.05, 3.63) is 65.3 Å². The molecule has 4 rings (SSSR count). The number of carbonyl (C=O) groups excluding carboxylic acids is 1. The third kappa shape index (κ3) is 4.99. The van der Waals surface area contributed by atoms with Gasteiger partial charge in [0.15, 0.2) is 0 Å². The molecule has 0 saturated carbocycles. The number of likely N-dealkylation sites (tertiary alicyclic amines) is 1. The Labute approximate surface area is 172 Å². The lowest BCUT2D eigenvalue weighted by Crippen LogP contribution is -2.38. The first-order valence-electron chi connectivity index (χ1n) is 9.44. The van der Waals surface area contributed by atoms with Gasteiger partial charge in [-0.25, -0.2) is 4.39 Å². The molecule has 0 radical (unpaired) electrons. The summed E-state index contributed by atoms with van der Waals surface area (Å²) in [5, 5.41) is 11.7. The number of aromatic nitrogens is 2. The summed E-state index contributed by atoms with van der Waals surface area (Å²) in [7, 11) is 0. The number of nitrogens with one attached hydrogen (secondary N) is 1. The van der Waals surface area contributed by atoms with Gasteiger partial charge in [-0.3, -0.25) is 9.69 Å². The molecule has 6 nitrogen and oxygen atoms in total. The number of amides is 1. The van der Waals surface area contributed by atoms with E-state index in [-0.39, 0.29) is 17.6 Å². The minimum atomic E-state index is -0.305. The molecule has 1 fully saturated rings. The second kappa shape index (κ2) is 8.71. The summed E-state index contributed by atoms with van der Waals surface area (Å²) in [4.78, 5) is 14.4. The van der Waals surface area contributed by atoms with Crippen LogP contribution in [0.5, 0.6) is 0 Å². The Kier molecular flexibility index (Phi) is 5.87. The highest BCUT2D eigenvalue weighted by atomic mass is 35.5. The highest BCUT2D eigenvalue weighted by Crippen LogP contribution is 2.29. The zero-order chi connectivity index (χ0) is 20.2. The first-order chi connectivity index (χ1) is 14.1. The van der Waals surface area contributed by atoms with Gasteiger partial charge in [-0.2, -0.15) is 0 Å². The van der Waals surface area contributed by atoms with E-state index in [9.17, 15) is 9.18 Å². The predicted octanol–water partition coefficient (Wildman–Crippen LogP) is 4.35. The summed E-state index contributed by atoms with van der Waals surface area (Å²) in [5.74, 6) is 0.766. The topological polar surface area (TPSA) is 71.3 Å². The molecule has 1 aliphatic heterocycles. The Bertz CT molecular complexity index is 984. The van der Waals surface area contributed by atoms with Crippen LogP contribution in [0.25, 0.3) is 11.5 Å². The Morgan fingerprint density at radius 2 is 1.93 bits per heavy atom. The van der Waals surface area contributed by atoms with Gasteiger partial charge >= 0.3 is 0 Å². The van der Waals surface area contributed by atoms with Gasteiger partial charge in [0.25, 0.3) is 0 Å². The molecule has 0 aliphatic carbocycles. The van der Waals surface area contributed by atoms with Crippen LogP contribution < -0.4 is 5.32 Å². The molecule has 1 aromatic heterocycles. The fourth-order valence-corrected chi connectivity index (χ4v) is 3.61. The molecule has 0 spiro atoms. The lowest BCUT2D eigenvalue weighted by Gasteiger charge is -2.29. The summed E-state index contributed by atoms with van der Waals surface area (Å²) in [6.07, 6.45) is 1.66. The Morgan fingerprint density at radius 3 is 2.66 bits per heavy atom. The molecule has 1 N–H and O–H groups in total. The van der Waals surface area contributed by atoms with Crippen molar-refractivity contribution in [1.82, 2.24) is 15.1 Å². The number of hydrogen-bond acceptors (Lipinski definition) is 5. The Morgan fingerprint density at radius 1 is 1.17 bits per heavy atom. The maximum Gasteiger partial charge on any atom is 0.247 e. The second-order valence-corrected chi connectivity index (χ2v) is 7.50. The molecule has 8 heteroatoms. The van der Waals surface area contributed by atoms with Gasteiger partial charge in [-0.15, -0.1) is 10.2 Å². The van der Waals surface area contributed by atoms with Crippen LogP contribution in [0.15, 0.2) is 52.9 Å². The van der Waals surface area contributed by atoms with E-state index in [1.807, 2.05) is 6.07 Å². The first-order valence-corrected chi connectivity index (χ1v) is 9.82. The third-order valence-corrected chi connectivity index (χ3v) is 5.18. The molecule has 29 heavy (non-hydrogen) atoms. The number of nitrogens with zero attached hydrogens (tertiary/aromatic N) is 3. The third-order valence-electron chi connectivity index (χ3n) is 4.94. The van der Waals surface area contributed by atoms with Crippen LogP contribution in [-0.2, 0) is 4.79 Å². The van der Waals surface area contributed by atoms with Crippen LogP contribution in [0, 0.1) is 5.82 Å². The Hall–Kier alpha value is -2.77. The van der Waals surface area contributed by atoms with E-state index < -0.39 is 0 Å². The summed E-state index contributed by atoms with van der Waals surface area (Å²) in [5.41, 5.74) is 1.39. The molecule has 150 valence electrons. The monoisotopic (exact) mass is 414 g/mol. The summed E-state index contributed by atoms with van der Waals surface area (Å²) in [6, 6.07) is 13.1. The number of halogens is 2. The van der Waals surface area contributed by atoms with Gasteiger partial charge in [0.1, 0.15) is 5.82 Å². The smallest absolute Gasteiger partial charge is 0.247 e. The van der Waals surface area contributed by atoms with E-state index in [0.717, 1.165) is 25.9 Å². The average molecular weight is 415 g/mol. The molecule has 1 amide bonds. The van der Waals surface area contributed by atoms with Gasteiger partial charge in [0.05, 0.1) is 6.54 Å². The second-order valence-electron chi connectivity index (χ2n) is 7.06. The average Bonchev–Trinajstić information content (AvgIpc) is 3.19. The fourth-order valence-electron chi connectivity index (χ4n) is 3.42. The molecule has 0 unspecified atom stereocenters. The molecule has 2 aromatic carbocycles. The highest BCUT2D eigenvalue weighted by molar-refractivity contribution is 6.30. The van der Waals surface area contributed by atoms with Crippen molar-refractivity contribution in [3.8, 4) is 11.5 Å². The van der Waals surface area contributed by atoms with E-state index >= 15 is 0 Å². The van der Waals surface area contributed by atoms with Crippen molar-refractivity contribution in [1.29, 1.82) is 0 Å². The maximum absolute atomic E-state index is 13.1. The van der Waals surface area contributed by atoms with Gasteiger partial charge in [0, 0.05) is 22.2 Å². The minimum Gasteiger partial charge on any atom is -0.420 e. The summed E-state index contributed by atoms with van der Waals surface area (Å²) >= 11 is 5.94. The number of benzene rings is 2. The molecule has 0 bridgehead atoms. The quantitative estimate of drug-likeness (QED) is 0.672. The SMILES string of the molecule is O=C(CN1CCC(c2nnc(-c3ccc(F)cc3)o2)CC1)Nc1cccc(Cl)c1. The van der Waals surface area contributed by atoms with Crippen molar-refractivity contribution >= 4 is 23.2 Å². The van der Waals surface area contributed by atoms with Crippen molar-refractivity contribution in [2.75, 3.05) is 25.0 Å². The maximum atomic E-state index is 13.1. The fraction of sp³-hybridized carbons (Fsp3) is 0.286. The molecule has 0 atom stereocenters. The van der Waals surface area contributed by atoms with Crippen molar-refractivity contribution in [2.24, 2.45) is 0 Å². The molecular formula is C21H20ClFN4O2. The number of carbonyl (C=O) groups is 1. The van der Waals surface area contributed by atoms with Crippen LogP contribution >= 0.6 is 11.6 Å². The van der Waals surface area contributed by atoms with E-state index in [4.69, 9.17) is 16.0 Å². The van der Waals surface area contributed by atoms with Gasteiger partial charge in [0.2, 0.25) is 17.7 Å². The summed E-state index contributed by atoms with van der Waals surface area (Å²) < 4.78 is 18.9. The van der Waals surface area contributed by atoms with Crippen molar-refractivity contribution in [2.45, 2.75) is 18.8 Å². The predicted molar refractivity (Wildman–Crippen MR) is 108 cm³/mol. The van der Waals surface area contributed by atoms with Crippen LogP contribution in [-0.4, -0.2) is 40.6 Å². The minimum absolute atomic E-state index is 0.0675. The van der Waals surface area contributed by atoms with Gasteiger partial charge in [-0.1, -0.05) is 17.7 Å². The van der Waals surface area contributed by atoms with Gasteiger partial charge in [-0.05, 0) is 68.4 Å². The lowest BCUT2D eigenvalue weighted by atomic mass is 9.97. The molecule has 3 aromatic rings. The van der Waals surface area contributed by atoms with E-state index in [0.29, 0.717) is 34.6 Å². The number of piperidine rings is 1.